The first-order chi connectivity index (χ1) is 15.8. The molecule has 0 amide bonds. The summed E-state index contributed by atoms with van der Waals surface area (Å²) in [5.74, 6) is 1.33. The number of rotatable bonds is 12. The molecule has 0 aliphatic heterocycles. The van der Waals surface area contributed by atoms with Crippen LogP contribution in [0.15, 0.2) is 49.2 Å². The first-order valence-corrected chi connectivity index (χ1v) is 13.1. The fourth-order valence-corrected chi connectivity index (χ4v) is 5.03. The predicted molar refractivity (Wildman–Crippen MR) is 144 cm³/mol. The van der Waals surface area contributed by atoms with Crippen molar-refractivity contribution in [3.63, 3.8) is 0 Å². The summed E-state index contributed by atoms with van der Waals surface area (Å²) in [7, 11) is 0. The lowest BCUT2D eigenvalue weighted by atomic mass is 9.76. The van der Waals surface area contributed by atoms with E-state index in [1.165, 1.54) is 53.5 Å². The average molecular weight is 447 g/mol. The second-order valence-electron chi connectivity index (χ2n) is 10.9. The summed E-state index contributed by atoms with van der Waals surface area (Å²) in [5.41, 5.74) is 9.20. The normalized spacial score (nSPS) is 15.2. The lowest BCUT2D eigenvalue weighted by molar-refractivity contribution is 0.416. The van der Waals surface area contributed by atoms with Crippen LogP contribution in [0, 0.1) is 6.92 Å². The molecule has 1 aliphatic rings. The van der Waals surface area contributed by atoms with Crippen molar-refractivity contribution in [2.24, 2.45) is 0 Å². The van der Waals surface area contributed by atoms with Crippen LogP contribution in [0.25, 0.3) is 0 Å². The van der Waals surface area contributed by atoms with E-state index in [4.69, 9.17) is 0 Å². The molecule has 0 bridgehead atoms. The first kappa shape index (κ1) is 25.6. The zero-order valence-electron chi connectivity index (χ0n) is 21.8. The van der Waals surface area contributed by atoms with E-state index in [2.05, 4.69) is 88.2 Å². The minimum atomic E-state index is 0.195. The van der Waals surface area contributed by atoms with Crippen LogP contribution in [0.4, 0.5) is 0 Å². The van der Waals surface area contributed by atoms with Crippen molar-refractivity contribution < 1.29 is 0 Å². The summed E-state index contributed by atoms with van der Waals surface area (Å²) in [6, 6.07) is 14.4. The van der Waals surface area contributed by atoms with Gasteiger partial charge in [-0.15, -0.1) is 0 Å². The van der Waals surface area contributed by atoms with Crippen molar-refractivity contribution in [3.8, 4) is 0 Å². The molecular weight excluding hydrogens is 400 g/mol. The van der Waals surface area contributed by atoms with E-state index >= 15 is 0 Å². The Bertz CT molecular complexity index is 884. The van der Waals surface area contributed by atoms with Gasteiger partial charge >= 0.3 is 0 Å². The average Bonchev–Trinajstić information content (AvgIpc) is 2.74. The molecule has 3 rings (SSSR count). The first-order valence-electron chi connectivity index (χ1n) is 13.1. The van der Waals surface area contributed by atoms with E-state index in [0.29, 0.717) is 5.92 Å². The van der Waals surface area contributed by atoms with Gasteiger partial charge in [-0.3, -0.25) is 0 Å². The molecule has 0 radical (unpaired) electrons. The van der Waals surface area contributed by atoms with Gasteiger partial charge in [0.05, 0.1) is 0 Å². The zero-order chi connectivity index (χ0) is 23.8. The Hall–Kier alpha value is -2.06. The van der Waals surface area contributed by atoms with Crippen molar-refractivity contribution in [3.05, 3.63) is 82.6 Å². The summed E-state index contributed by atoms with van der Waals surface area (Å²) in [4.78, 5) is 0. The molecule has 2 nitrogen and oxygen atoms in total. The van der Waals surface area contributed by atoms with Crippen LogP contribution < -0.4 is 10.6 Å². The molecule has 1 atom stereocenters. The maximum atomic E-state index is 3.83. The molecule has 1 aliphatic carbocycles. The Balaban J connectivity index is 1.78. The second-order valence-corrected chi connectivity index (χ2v) is 10.9. The molecule has 0 spiro atoms. The van der Waals surface area contributed by atoms with Crippen molar-refractivity contribution in [2.45, 2.75) is 96.9 Å². The summed E-state index contributed by atoms with van der Waals surface area (Å²) >= 11 is 0. The highest BCUT2D eigenvalue weighted by Crippen LogP contribution is 2.39. The Morgan fingerprint density at radius 1 is 1.06 bits per heavy atom. The topological polar surface area (TPSA) is 24.1 Å². The van der Waals surface area contributed by atoms with Gasteiger partial charge in [-0.2, -0.15) is 0 Å². The molecule has 1 fully saturated rings. The fourth-order valence-electron chi connectivity index (χ4n) is 5.03. The van der Waals surface area contributed by atoms with Gasteiger partial charge < -0.3 is 10.6 Å². The molecule has 2 aromatic rings. The molecule has 2 heteroatoms. The third-order valence-electron chi connectivity index (χ3n) is 7.50. The molecule has 1 saturated carbocycles. The largest absolute Gasteiger partial charge is 0.391 e. The van der Waals surface area contributed by atoms with Crippen LogP contribution in [-0.2, 0) is 18.4 Å². The Morgan fingerprint density at radius 2 is 1.79 bits per heavy atom. The van der Waals surface area contributed by atoms with Crippen LogP contribution in [0.2, 0.25) is 0 Å². The van der Waals surface area contributed by atoms with Gasteiger partial charge in [0.15, 0.2) is 0 Å². The molecule has 0 heterocycles. The van der Waals surface area contributed by atoms with E-state index in [1.54, 1.807) is 5.56 Å². The maximum Gasteiger partial charge on any atom is 0.0208 e. The zero-order valence-corrected chi connectivity index (χ0v) is 21.8. The van der Waals surface area contributed by atoms with Gasteiger partial charge in [0.25, 0.3) is 0 Å². The molecule has 1 unspecified atom stereocenters. The number of hydrogen-bond acceptors (Lipinski definition) is 2. The molecule has 0 saturated heterocycles. The van der Waals surface area contributed by atoms with Gasteiger partial charge in [-0.05, 0) is 102 Å². The van der Waals surface area contributed by atoms with Gasteiger partial charge in [0.2, 0.25) is 0 Å². The Labute approximate surface area is 203 Å². The van der Waals surface area contributed by atoms with Crippen molar-refractivity contribution in [1.82, 2.24) is 10.6 Å². The molecular formula is C31H46N2. The van der Waals surface area contributed by atoms with Gasteiger partial charge in [0.1, 0.15) is 0 Å². The van der Waals surface area contributed by atoms with E-state index in [9.17, 15) is 0 Å². The monoisotopic (exact) mass is 446 g/mol. The standard InChI is InChI=1S/C31H46N2/c1-7-32-19-18-25(24-14-16-29(17-15-24)31(4,5)6)12-13-27-21-28(22-33-8-2)30(20-23(27)3)26-10-9-11-26/h7,14-17,20-21,25-26,32-33H,1,8-13,18-19,22H2,2-6H3. The van der Waals surface area contributed by atoms with Crippen LogP contribution in [-0.4, -0.2) is 13.1 Å². The smallest absolute Gasteiger partial charge is 0.0208 e. The summed E-state index contributed by atoms with van der Waals surface area (Å²) in [5, 5.41) is 6.89. The summed E-state index contributed by atoms with van der Waals surface area (Å²) < 4.78 is 0. The third kappa shape index (κ3) is 6.96. The lowest BCUT2D eigenvalue weighted by Crippen LogP contribution is -2.18. The summed E-state index contributed by atoms with van der Waals surface area (Å²) in [6.07, 6.45) is 9.37. The lowest BCUT2D eigenvalue weighted by Gasteiger charge is -2.29. The van der Waals surface area contributed by atoms with E-state index in [1.807, 2.05) is 6.20 Å². The van der Waals surface area contributed by atoms with E-state index in [0.717, 1.165) is 38.4 Å². The van der Waals surface area contributed by atoms with Crippen LogP contribution >= 0.6 is 0 Å². The van der Waals surface area contributed by atoms with Crippen LogP contribution in [0.3, 0.4) is 0 Å². The minimum absolute atomic E-state index is 0.195. The number of hydrogen-bond donors (Lipinski definition) is 2. The summed E-state index contributed by atoms with van der Waals surface area (Å²) in [6.45, 7) is 18.2. The van der Waals surface area contributed by atoms with E-state index < -0.39 is 0 Å². The highest BCUT2D eigenvalue weighted by molar-refractivity contribution is 5.41. The quantitative estimate of drug-likeness (QED) is 0.330. The SMILES string of the molecule is C=CNCCC(CCc1cc(CNCC)c(C2CCC2)cc1C)c1ccc(C(C)(C)C)cc1. The molecule has 0 aromatic heterocycles. The van der Waals surface area contributed by atoms with Crippen LogP contribution in [0.1, 0.15) is 105 Å². The molecule has 180 valence electrons. The Kier molecular flexibility index (Phi) is 9.20. The van der Waals surface area contributed by atoms with Crippen LogP contribution in [0.5, 0.6) is 0 Å². The highest BCUT2D eigenvalue weighted by Gasteiger charge is 2.23. The fraction of sp³-hybridized carbons (Fsp3) is 0.548. The molecule has 2 aromatic carbocycles. The number of benzene rings is 2. The number of nitrogens with one attached hydrogen (secondary N) is 2. The van der Waals surface area contributed by atoms with Gasteiger partial charge in [-0.25, -0.2) is 0 Å². The van der Waals surface area contributed by atoms with E-state index in [-0.39, 0.29) is 5.41 Å². The Morgan fingerprint density at radius 3 is 2.36 bits per heavy atom. The molecule has 2 N–H and O–H groups in total. The van der Waals surface area contributed by atoms with Gasteiger partial charge in [0, 0.05) is 13.1 Å². The second kappa shape index (κ2) is 11.9. The highest BCUT2D eigenvalue weighted by atomic mass is 14.8. The van der Waals surface area contributed by atoms with Crippen molar-refractivity contribution in [2.75, 3.05) is 13.1 Å². The predicted octanol–water partition coefficient (Wildman–Crippen LogP) is 7.51. The van der Waals surface area contributed by atoms with Crippen molar-refractivity contribution >= 4 is 0 Å². The maximum absolute atomic E-state index is 3.83. The van der Waals surface area contributed by atoms with Crippen molar-refractivity contribution in [1.29, 1.82) is 0 Å². The van der Waals surface area contributed by atoms with Gasteiger partial charge in [-0.1, -0.05) is 77.1 Å². The molecule has 33 heavy (non-hydrogen) atoms. The minimum Gasteiger partial charge on any atom is -0.391 e. The third-order valence-corrected chi connectivity index (χ3v) is 7.50. The number of aryl methyl sites for hydroxylation is 2.